The van der Waals surface area contributed by atoms with Crippen LogP contribution >= 0.6 is 11.8 Å². The predicted molar refractivity (Wildman–Crippen MR) is 53.3 cm³/mol. The van der Waals surface area contributed by atoms with Crippen LogP contribution in [-0.4, -0.2) is 40.5 Å². The topological polar surface area (TPSA) is 66.5 Å². The standard InChI is InChI=1S/C8H19NO2S/c1-2-3-7(9)5-12-6-8(11)4-10/h7-8,10-11H,2-6,9H2,1H3. The molecule has 0 aliphatic carbocycles. The number of hydrogen-bond acceptors (Lipinski definition) is 4. The highest BCUT2D eigenvalue weighted by molar-refractivity contribution is 7.99. The van der Waals surface area contributed by atoms with Gasteiger partial charge in [0, 0.05) is 17.5 Å². The van der Waals surface area contributed by atoms with Gasteiger partial charge < -0.3 is 15.9 Å². The van der Waals surface area contributed by atoms with Gasteiger partial charge in [0.05, 0.1) is 12.7 Å². The lowest BCUT2D eigenvalue weighted by molar-refractivity contribution is 0.113. The van der Waals surface area contributed by atoms with Crippen molar-refractivity contribution in [1.29, 1.82) is 0 Å². The maximum Gasteiger partial charge on any atom is 0.0861 e. The number of aliphatic hydroxyl groups is 2. The molecule has 4 heteroatoms. The number of thioether (sulfide) groups is 1. The minimum absolute atomic E-state index is 0.157. The van der Waals surface area contributed by atoms with Crippen LogP contribution in [-0.2, 0) is 0 Å². The molecule has 0 radical (unpaired) electrons. The molecule has 0 aliphatic rings. The average Bonchev–Trinajstić information content (AvgIpc) is 2.04. The minimum atomic E-state index is -0.594. The van der Waals surface area contributed by atoms with Crippen molar-refractivity contribution in [3.05, 3.63) is 0 Å². The summed E-state index contributed by atoms with van der Waals surface area (Å²) in [7, 11) is 0. The normalized spacial score (nSPS) is 16.0. The Morgan fingerprint density at radius 2 is 2.08 bits per heavy atom. The number of hydrogen-bond donors (Lipinski definition) is 3. The van der Waals surface area contributed by atoms with E-state index in [0.717, 1.165) is 18.6 Å². The molecular formula is C8H19NO2S. The molecule has 2 unspecified atom stereocenters. The summed E-state index contributed by atoms with van der Waals surface area (Å²) in [6, 6.07) is 0.228. The first kappa shape index (κ1) is 12.2. The summed E-state index contributed by atoms with van der Waals surface area (Å²) in [5.74, 6) is 1.44. The van der Waals surface area contributed by atoms with Crippen LogP contribution in [0.1, 0.15) is 19.8 Å². The van der Waals surface area contributed by atoms with Crippen molar-refractivity contribution < 1.29 is 10.2 Å². The van der Waals surface area contributed by atoms with E-state index in [2.05, 4.69) is 6.92 Å². The van der Waals surface area contributed by atoms with Gasteiger partial charge in [-0.15, -0.1) is 0 Å². The smallest absolute Gasteiger partial charge is 0.0861 e. The first-order chi connectivity index (χ1) is 5.70. The number of nitrogens with two attached hydrogens (primary N) is 1. The highest BCUT2D eigenvalue weighted by atomic mass is 32.2. The summed E-state index contributed by atoms with van der Waals surface area (Å²) in [4.78, 5) is 0. The summed E-state index contributed by atoms with van der Waals surface area (Å²) >= 11 is 1.60. The summed E-state index contributed by atoms with van der Waals surface area (Å²) in [5.41, 5.74) is 5.75. The molecule has 0 rings (SSSR count). The van der Waals surface area contributed by atoms with Crippen molar-refractivity contribution >= 4 is 11.8 Å². The van der Waals surface area contributed by atoms with Gasteiger partial charge in [0.2, 0.25) is 0 Å². The zero-order valence-electron chi connectivity index (χ0n) is 7.57. The molecule has 4 N–H and O–H groups in total. The fourth-order valence-electron chi connectivity index (χ4n) is 0.862. The van der Waals surface area contributed by atoms with Crippen LogP contribution in [0.25, 0.3) is 0 Å². The molecule has 74 valence electrons. The van der Waals surface area contributed by atoms with Crippen molar-refractivity contribution in [2.45, 2.75) is 31.9 Å². The molecule has 0 aromatic heterocycles. The van der Waals surface area contributed by atoms with Crippen molar-refractivity contribution in [2.24, 2.45) is 5.73 Å². The van der Waals surface area contributed by atoms with Gasteiger partial charge in [-0.05, 0) is 6.42 Å². The van der Waals surface area contributed by atoms with E-state index in [-0.39, 0.29) is 12.6 Å². The maximum absolute atomic E-state index is 8.99. The quantitative estimate of drug-likeness (QED) is 0.540. The van der Waals surface area contributed by atoms with Crippen LogP contribution in [0.3, 0.4) is 0 Å². The Morgan fingerprint density at radius 3 is 2.58 bits per heavy atom. The van der Waals surface area contributed by atoms with Gasteiger partial charge in [0.15, 0.2) is 0 Å². The van der Waals surface area contributed by atoms with Crippen molar-refractivity contribution in [1.82, 2.24) is 0 Å². The second-order valence-corrected chi connectivity index (χ2v) is 4.00. The fourth-order valence-corrected chi connectivity index (χ4v) is 1.85. The van der Waals surface area contributed by atoms with Crippen molar-refractivity contribution in [2.75, 3.05) is 18.1 Å². The molecule has 0 aromatic carbocycles. The van der Waals surface area contributed by atoms with Crippen molar-refractivity contribution in [3.8, 4) is 0 Å². The SMILES string of the molecule is CCCC(N)CSCC(O)CO. The van der Waals surface area contributed by atoms with E-state index in [9.17, 15) is 0 Å². The van der Waals surface area contributed by atoms with Gasteiger partial charge in [-0.3, -0.25) is 0 Å². The molecule has 0 bridgehead atoms. The predicted octanol–water partition coefficient (Wildman–Crippen LogP) is 0.200. The lowest BCUT2D eigenvalue weighted by atomic mass is 10.2. The third-order valence-electron chi connectivity index (χ3n) is 1.51. The van der Waals surface area contributed by atoms with Gasteiger partial charge in [0.25, 0.3) is 0 Å². The number of rotatable bonds is 7. The first-order valence-corrected chi connectivity index (χ1v) is 5.48. The molecule has 0 aromatic rings. The second kappa shape index (κ2) is 7.86. The largest absolute Gasteiger partial charge is 0.394 e. The molecule has 0 amide bonds. The lowest BCUT2D eigenvalue weighted by Gasteiger charge is -2.11. The number of aliphatic hydroxyl groups excluding tert-OH is 2. The molecule has 0 aliphatic heterocycles. The molecule has 12 heavy (non-hydrogen) atoms. The molecular weight excluding hydrogens is 174 g/mol. The summed E-state index contributed by atoms with van der Waals surface area (Å²) in [5, 5.41) is 17.5. The third-order valence-corrected chi connectivity index (χ3v) is 2.80. The Labute approximate surface area is 78.3 Å². The molecule has 2 atom stereocenters. The fraction of sp³-hybridized carbons (Fsp3) is 1.00. The Morgan fingerprint density at radius 1 is 1.42 bits per heavy atom. The molecule has 3 nitrogen and oxygen atoms in total. The van der Waals surface area contributed by atoms with E-state index in [1.165, 1.54) is 0 Å². The van der Waals surface area contributed by atoms with Crippen LogP contribution in [0.15, 0.2) is 0 Å². The van der Waals surface area contributed by atoms with Crippen LogP contribution in [0.2, 0.25) is 0 Å². The van der Waals surface area contributed by atoms with E-state index in [1.807, 2.05) is 0 Å². The van der Waals surface area contributed by atoms with E-state index >= 15 is 0 Å². The highest BCUT2D eigenvalue weighted by Gasteiger charge is 2.04. The maximum atomic E-state index is 8.99. The van der Waals surface area contributed by atoms with Crippen LogP contribution in [0, 0.1) is 0 Å². The van der Waals surface area contributed by atoms with Crippen LogP contribution in [0.5, 0.6) is 0 Å². The Balaban J connectivity index is 3.18. The Hall–Kier alpha value is 0.230. The molecule has 0 spiro atoms. The second-order valence-electron chi connectivity index (χ2n) is 2.92. The van der Waals surface area contributed by atoms with E-state index in [0.29, 0.717) is 5.75 Å². The molecule has 0 saturated heterocycles. The highest BCUT2D eigenvalue weighted by Crippen LogP contribution is 2.06. The molecule has 0 heterocycles. The zero-order chi connectivity index (χ0) is 9.40. The van der Waals surface area contributed by atoms with Gasteiger partial charge in [-0.25, -0.2) is 0 Å². The zero-order valence-corrected chi connectivity index (χ0v) is 8.39. The lowest BCUT2D eigenvalue weighted by Crippen LogP contribution is -2.24. The molecule has 0 saturated carbocycles. The van der Waals surface area contributed by atoms with E-state index in [4.69, 9.17) is 15.9 Å². The summed E-state index contributed by atoms with van der Waals surface area (Å²) in [6.45, 7) is 1.95. The Kier molecular flexibility index (Phi) is 8.01. The van der Waals surface area contributed by atoms with Gasteiger partial charge in [0.1, 0.15) is 0 Å². The van der Waals surface area contributed by atoms with E-state index < -0.39 is 6.10 Å². The Bertz CT molecular complexity index is 103. The van der Waals surface area contributed by atoms with Crippen LogP contribution < -0.4 is 5.73 Å². The van der Waals surface area contributed by atoms with Gasteiger partial charge in [-0.2, -0.15) is 11.8 Å². The third kappa shape index (κ3) is 6.91. The van der Waals surface area contributed by atoms with Gasteiger partial charge >= 0.3 is 0 Å². The first-order valence-electron chi connectivity index (χ1n) is 4.33. The summed E-state index contributed by atoms with van der Waals surface area (Å²) < 4.78 is 0. The average molecular weight is 193 g/mol. The minimum Gasteiger partial charge on any atom is -0.394 e. The van der Waals surface area contributed by atoms with Crippen molar-refractivity contribution in [3.63, 3.8) is 0 Å². The van der Waals surface area contributed by atoms with Crippen LogP contribution in [0.4, 0.5) is 0 Å². The van der Waals surface area contributed by atoms with Gasteiger partial charge in [-0.1, -0.05) is 13.3 Å². The van der Waals surface area contributed by atoms with E-state index in [1.54, 1.807) is 11.8 Å². The monoisotopic (exact) mass is 193 g/mol. The molecule has 0 fully saturated rings. The summed E-state index contributed by atoms with van der Waals surface area (Å²) in [6.07, 6.45) is 1.54.